The predicted octanol–water partition coefficient (Wildman–Crippen LogP) is 2.71. The maximum absolute atomic E-state index is 13.4. The average Bonchev–Trinajstić information content (AvgIpc) is 3.45. The van der Waals surface area contributed by atoms with Crippen molar-refractivity contribution in [3.63, 3.8) is 0 Å². The third-order valence-electron chi connectivity index (χ3n) is 6.57. The zero-order chi connectivity index (χ0) is 27.9. The van der Waals surface area contributed by atoms with Crippen LogP contribution < -0.4 is 25.2 Å². The number of pyridine rings is 1. The van der Waals surface area contributed by atoms with E-state index in [2.05, 4.69) is 20.3 Å². The Bertz CT molecular complexity index is 1260. The molecule has 5 rings (SSSR count). The van der Waals surface area contributed by atoms with Crippen molar-refractivity contribution in [1.29, 1.82) is 0 Å². The summed E-state index contributed by atoms with van der Waals surface area (Å²) in [7, 11) is 0. The molecular weight excluding hydrogens is 523 g/mol. The van der Waals surface area contributed by atoms with Gasteiger partial charge in [-0.1, -0.05) is 0 Å². The Morgan fingerprint density at radius 2 is 2.05 bits per heavy atom. The van der Waals surface area contributed by atoms with E-state index in [1.54, 1.807) is 19.9 Å². The van der Waals surface area contributed by atoms with E-state index in [0.29, 0.717) is 31.8 Å². The van der Waals surface area contributed by atoms with Crippen LogP contribution in [0.1, 0.15) is 37.7 Å². The highest BCUT2D eigenvalue weighted by molar-refractivity contribution is 6.05. The van der Waals surface area contributed by atoms with Crippen LogP contribution in [0.2, 0.25) is 0 Å². The number of hydrogen-bond donors (Lipinski definition) is 2. The Labute approximate surface area is 221 Å². The van der Waals surface area contributed by atoms with Crippen LogP contribution in [-0.4, -0.2) is 83.3 Å². The minimum atomic E-state index is -4.60. The van der Waals surface area contributed by atoms with Crippen molar-refractivity contribution < 1.29 is 37.0 Å². The number of urea groups is 1. The Morgan fingerprint density at radius 3 is 2.77 bits per heavy atom. The number of anilines is 3. The van der Waals surface area contributed by atoms with Gasteiger partial charge in [0.25, 0.3) is 5.91 Å². The lowest BCUT2D eigenvalue weighted by atomic mass is 10.1. The van der Waals surface area contributed by atoms with Crippen LogP contribution in [0.4, 0.5) is 35.3 Å². The highest BCUT2D eigenvalue weighted by atomic mass is 19.4. The summed E-state index contributed by atoms with van der Waals surface area (Å²) in [5, 5.41) is 4.59. The van der Waals surface area contributed by atoms with Gasteiger partial charge in [-0.25, -0.2) is 9.78 Å². The van der Waals surface area contributed by atoms with E-state index in [4.69, 9.17) is 14.2 Å². The molecular formula is C24H28F3N7O5. The lowest BCUT2D eigenvalue weighted by Gasteiger charge is -2.35. The number of ether oxygens (including phenoxy) is 3. The molecule has 210 valence electrons. The molecule has 0 aliphatic carbocycles. The van der Waals surface area contributed by atoms with Gasteiger partial charge >= 0.3 is 12.2 Å². The first-order chi connectivity index (χ1) is 18.4. The van der Waals surface area contributed by atoms with E-state index in [0.717, 1.165) is 6.92 Å². The number of nitrogens with one attached hydrogen (secondary N) is 2. The SMILES string of the molecule is CC(NC(=O)c1ccc2c(n1)N(C(=O)Nc1cncc(OC[C@H]3COC(C)(C)O3)n1)[C@H]1CCN2C1)C(F)(F)F. The number of fused-ring (bicyclic) bond motifs is 4. The number of rotatable bonds is 6. The molecule has 2 N–H and O–H groups in total. The van der Waals surface area contributed by atoms with Crippen molar-refractivity contribution in [2.75, 3.05) is 41.4 Å². The molecule has 15 heteroatoms. The van der Waals surface area contributed by atoms with Crippen molar-refractivity contribution in [1.82, 2.24) is 20.3 Å². The van der Waals surface area contributed by atoms with Crippen LogP contribution in [0.3, 0.4) is 0 Å². The highest BCUT2D eigenvalue weighted by Gasteiger charge is 2.41. The lowest BCUT2D eigenvalue weighted by molar-refractivity contribution is -0.149. The molecule has 2 saturated heterocycles. The first-order valence-electron chi connectivity index (χ1n) is 12.4. The number of carbonyl (C=O) groups is 2. The smallest absolute Gasteiger partial charge is 0.408 e. The summed E-state index contributed by atoms with van der Waals surface area (Å²) in [6, 6.07) is 0.0413. The van der Waals surface area contributed by atoms with E-state index < -0.39 is 29.9 Å². The van der Waals surface area contributed by atoms with Crippen LogP contribution in [0, 0.1) is 0 Å². The van der Waals surface area contributed by atoms with Gasteiger partial charge in [0.15, 0.2) is 17.4 Å². The van der Waals surface area contributed by atoms with E-state index >= 15 is 0 Å². The maximum Gasteiger partial charge on any atom is 0.408 e. The third kappa shape index (κ3) is 5.83. The first kappa shape index (κ1) is 26.9. The highest BCUT2D eigenvalue weighted by Crippen LogP contribution is 2.39. The van der Waals surface area contributed by atoms with Crippen molar-refractivity contribution in [3.05, 3.63) is 30.2 Å². The molecule has 0 spiro atoms. The van der Waals surface area contributed by atoms with Crippen LogP contribution in [0.5, 0.6) is 5.88 Å². The second-order valence-electron chi connectivity index (χ2n) is 9.97. The average molecular weight is 552 g/mol. The molecule has 12 nitrogen and oxygen atoms in total. The Hall–Kier alpha value is -3.72. The van der Waals surface area contributed by atoms with E-state index in [1.165, 1.54) is 23.4 Å². The largest absolute Gasteiger partial charge is 0.474 e. The third-order valence-corrected chi connectivity index (χ3v) is 6.57. The van der Waals surface area contributed by atoms with Crippen LogP contribution in [-0.2, 0) is 9.47 Å². The van der Waals surface area contributed by atoms with Crippen LogP contribution in [0.25, 0.3) is 0 Å². The fourth-order valence-corrected chi connectivity index (χ4v) is 4.62. The zero-order valence-corrected chi connectivity index (χ0v) is 21.5. The molecule has 3 amide bonds. The molecule has 3 aliphatic heterocycles. The number of alkyl halides is 3. The van der Waals surface area contributed by atoms with Crippen molar-refractivity contribution in [2.45, 2.75) is 57.3 Å². The van der Waals surface area contributed by atoms with E-state index in [-0.39, 0.29) is 42.0 Å². The summed E-state index contributed by atoms with van der Waals surface area (Å²) < 4.78 is 55.7. The zero-order valence-electron chi connectivity index (χ0n) is 21.5. The normalized spacial score (nSPS) is 22.3. The molecule has 3 atom stereocenters. The number of amides is 3. The van der Waals surface area contributed by atoms with Gasteiger partial charge < -0.3 is 24.4 Å². The van der Waals surface area contributed by atoms with Gasteiger partial charge in [0.2, 0.25) is 5.88 Å². The van der Waals surface area contributed by atoms with E-state index in [9.17, 15) is 22.8 Å². The standard InChI is InChI=1S/C24H28F3N7O5/c1-13(24(25,26)27)29-21(35)16-4-5-17-20(30-16)34(14-6-7-33(17)10-14)22(36)32-18-8-28-9-19(31-18)37-11-15-12-38-23(2,3)39-15/h4-5,8-9,13-15H,6-7,10-12H2,1-3H3,(H,29,35)(H,31,32,36)/t13?,14-,15-/m0/s1. The molecule has 1 unspecified atom stereocenters. The van der Waals surface area contributed by atoms with Crippen molar-refractivity contribution in [2.24, 2.45) is 0 Å². The van der Waals surface area contributed by atoms with Gasteiger partial charge in [-0.05, 0) is 39.3 Å². The molecule has 2 fully saturated rings. The molecule has 39 heavy (non-hydrogen) atoms. The molecule has 0 aromatic carbocycles. The minimum absolute atomic E-state index is 0.122. The first-order valence-corrected chi connectivity index (χ1v) is 12.4. The van der Waals surface area contributed by atoms with Gasteiger partial charge in [-0.2, -0.15) is 18.2 Å². The second-order valence-corrected chi connectivity index (χ2v) is 9.97. The number of hydrogen-bond acceptors (Lipinski definition) is 9. The summed E-state index contributed by atoms with van der Waals surface area (Å²) in [5.41, 5.74) is 0.367. The Morgan fingerprint density at radius 1 is 1.26 bits per heavy atom. The Kier molecular flexibility index (Phi) is 6.97. The summed E-state index contributed by atoms with van der Waals surface area (Å²) in [6.07, 6.45) is -1.49. The number of aromatic nitrogens is 3. The number of halogens is 3. The van der Waals surface area contributed by atoms with Crippen LogP contribution >= 0.6 is 0 Å². The monoisotopic (exact) mass is 551 g/mol. The molecule has 2 aromatic heterocycles. The van der Waals surface area contributed by atoms with Gasteiger partial charge in [-0.15, -0.1) is 0 Å². The van der Waals surface area contributed by atoms with Gasteiger partial charge in [0.05, 0.1) is 30.7 Å². The maximum atomic E-state index is 13.4. The number of carbonyl (C=O) groups excluding carboxylic acids is 2. The topological polar surface area (TPSA) is 131 Å². The minimum Gasteiger partial charge on any atom is -0.474 e. The van der Waals surface area contributed by atoms with E-state index in [1.807, 2.05) is 10.2 Å². The summed E-state index contributed by atoms with van der Waals surface area (Å²) in [6.45, 7) is 6.20. The van der Waals surface area contributed by atoms with Gasteiger partial charge in [0.1, 0.15) is 24.4 Å². The van der Waals surface area contributed by atoms with Gasteiger partial charge in [-0.3, -0.25) is 20.0 Å². The summed E-state index contributed by atoms with van der Waals surface area (Å²) >= 11 is 0. The fourth-order valence-electron chi connectivity index (χ4n) is 4.62. The van der Waals surface area contributed by atoms with Crippen molar-refractivity contribution >= 4 is 29.3 Å². The van der Waals surface area contributed by atoms with Crippen LogP contribution in [0.15, 0.2) is 24.5 Å². The van der Waals surface area contributed by atoms with Crippen molar-refractivity contribution in [3.8, 4) is 5.88 Å². The molecule has 5 heterocycles. The summed E-state index contributed by atoms with van der Waals surface area (Å²) in [5.74, 6) is -1.22. The molecule has 2 aromatic rings. The predicted molar refractivity (Wildman–Crippen MR) is 132 cm³/mol. The lowest BCUT2D eigenvalue weighted by Crippen LogP contribution is -2.49. The fraction of sp³-hybridized carbons (Fsp3) is 0.542. The molecule has 0 radical (unpaired) electrons. The van der Waals surface area contributed by atoms with Gasteiger partial charge in [0, 0.05) is 13.1 Å². The molecule has 0 saturated carbocycles. The summed E-state index contributed by atoms with van der Waals surface area (Å²) in [4.78, 5) is 42.0. The quantitative estimate of drug-likeness (QED) is 0.556. The molecule has 3 aliphatic rings. The Balaban J connectivity index is 1.31. The second kappa shape index (κ2) is 10.1. The molecule has 2 bridgehead atoms. The number of nitrogens with zero attached hydrogens (tertiary/aromatic N) is 5.